The Morgan fingerprint density at radius 1 is 1.26 bits per heavy atom. The lowest BCUT2D eigenvalue weighted by Crippen LogP contribution is -2.26. The van der Waals surface area contributed by atoms with Crippen LogP contribution in [0.1, 0.15) is 32.4 Å². The normalized spacial score (nSPS) is 12.5. The van der Waals surface area contributed by atoms with Gasteiger partial charge in [-0.25, -0.2) is 4.98 Å². The van der Waals surface area contributed by atoms with E-state index in [0.717, 1.165) is 11.3 Å². The van der Waals surface area contributed by atoms with E-state index in [1.807, 2.05) is 24.3 Å². The number of anilines is 1. The Labute approximate surface area is 135 Å². The Hall–Kier alpha value is -2.63. The summed E-state index contributed by atoms with van der Waals surface area (Å²) in [6.45, 7) is 6.36. The molecule has 0 spiro atoms. The quantitative estimate of drug-likeness (QED) is 0.661. The molecule has 2 rings (SSSR count). The van der Waals surface area contributed by atoms with Crippen molar-refractivity contribution in [1.82, 2.24) is 4.98 Å². The van der Waals surface area contributed by atoms with Gasteiger partial charge in [-0.1, -0.05) is 32.9 Å². The molecule has 0 aliphatic heterocycles. The zero-order valence-corrected chi connectivity index (χ0v) is 13.7. The topological polar surface area (TPSA) is 77.3 Å². The third kappa shape index (κ3) is 4.18. The van der Waals surface area contributed by atoms with Crippen LogP contribution in [0.2, 0.25) is 0 Å². The number of ether oxygens (including phenoxy) is 1. The zero-order valence-electron chi connectivity index (χ0n) is 13.7. The van der Waals surface area contributed by atoms with E-state index >= 15 is 0 Å². The SMILES string of the molecule is COc1cccc([C@H](Nc2ccc([N+](=O)[O-])cn2)C(C)(C)C)c1. The van der Waals surface area contributed by atoms with Crippen LogP contribution in [0.4, 0.5) is 11.5 Å². The van der Waals surface area contributed by atoms with Crippen molar-refractivity contribution in [2.75, 3.05) is 12.4 Å². The van der Waals surface area contributed by atoms with Crippen LogP contribution >= 0.6 is 0 Å². The van der Waals surface area contributed by atoms with Crippen molar-refractivity contribution in [3.63, 3.8) is 0 Å². The van der Waals surface area contributed by atoms with E-state index in [0.29, 0.717) is 5.82 Å². The molecule has 0 radical (unpaired) electrons. The summed E-state index contributed by atoms with van der Waals surface area (Å²) >= 11 is 0. The van der Waals surface area contributed by atoms with Gasteiger partial charge in [-0.05, 0) is 29.2 Å². The fourth-order valence-corrected chi connectivity index (χ4v) is 2.35. The number of methoxy groups -OCH3 is 1. The predicted molar refractivity (Wildman–Crippen MR) is 89.7 cm³/mol. The number of benzene rings is 1. The molecule has 1 heterocycles. The van der Waals surface area contributed by atoms with Crippen molar-refractivity contribution in [1.29, 1.82) is 0 Å². The number of aromatic nitrogens is 1. The first-order chi connectivity index (χ1) is 10.8. The number of nitrogens with zero attached hydrogens (tertiary/aromatic N) is 2. The highest BCUT2D eigenvalue weighted by atomic mass is 16.6. The monoisotopic (exact) mass is 315 g/mol. The summed E-state index contributed by atoms with van der Waals surface area (Å²) in [7, 11) is 1.64. The van der Waals surface area contributed by atoms with E-state index in [1.54, 1.807) is 13.2 Å². The third-order valence-electron chi connectivity index (χ3n) is 3.54. The number of rotatable bonds is 5. The molecule has 1 aromatic carbocycles. The van der Waals surface area contributed by atoms with Gasteiger partial charge in [0.15, 0.2) is 0 Å². The van der Waals surface area contributed by atoms with Gasteiger partial charge in [-0.15, -0.1) is 0 Å². The maximum absolute atomic E-state index is 10.7. The van der Waals surface area contributed by atoms with Gasteiger partial charge in [-0.3, -0.25) is 10.1 Å². The van der Waals surface area contributed by atoms with E-state index in [1.165, 1.54) is 12.3 Å². The van der Waals surface area contributed by atoms with Crippen molar-refractivity contribution in [2.45, 2.75) is 26.8 Å². The smallest absolute Gasteiger partial charge is 0.287 e. The average Bonchev–Trinajstić information content (AvgIpc) is 2.52. The lowest BCUT2D eigenvalue weighted by atomic mass is 9.82. The Balaban J connectivity index is 2.30. The summed E-state index contributed by atoms with van der Waals surface area (Å²) in [5, 5.41) is 14.1. The summed E-state index contributed by atoms with van der Waals surface area (Å²) in [6.07, 6.45) is 1.26. The molecule has 1 atom stereocenters. The highest BCUT2D eigenvalue weighted by Crippen LogP contribution is 2.36. The second kappa shape index (κ2) is 6.64. The number of nitro groups is 1. The van der Waals surface area contributed by atoms with E-state index in [9.17, 15) is 10.1 Å². The molecule has 0 aliphatic rings. The maximum Gasteiger partial charge on any atom is 0.287 e. The van der Waals surface area contributed by atoms with Crippen molar-refractivity contribution in [3.8, 4) is 5.75 Å². The first-order valence-corrected chi connectivity index (χ1v) is 7.32. The van der Waals surface area contributed by atoms with Gasteiger partial charge >= 0.3 is 0 Å². The minimum atomic E-state index is -0.458. The van der Waals surface area contributed by atoms with Crippen LogP contribution in [-0.2, 0) is 0 Å². The van der Waals surface area contributed by atoms with Gasteiger partial charge in [-0.2, -0.15) is 0 Å². The van der Waals surface area contributed by atoms with Gasteiger partial charge in [0.05, 0.1) is 18.1 Å². The molecule has 2 aromatic rings. The van der Waals surface area contributed by atoms with Crippen LogP contribution in [0.15, 0.2) is 42.6 Å². The van der Waals surface area contributed by atoms with Crippen LogP contribution < -0.4 is 10.1 Å². The maximum atomic E-state index is 10.7. The second-order valence-electron chi connectivity index (χ2n) is 6.38. The molecule has 0 bridgehead atoms. The number of hydrogen-bond donors (Lipinski definition) is 1. The summed E-state index contributed by atoms with van der Waals surface area (Å²) < 4.78 is 5.29. The molecular weight excluding hydrogens is 294 g/mol. The molecule has 0 saturated heterocycles. The van der Waals surface area contributed by atoms with Crippen molar-refractivity contribution in [2.24, 2.45) is 5.41 Å². The molecule has 0 fully saturated rings. The second-order valence-corrected chi connectivity index (χ2v) is 6.38. The Bertz CT molecular complexity index is 678. The molecule has 1 N–H and O–H groups in total. The Morgan fingerprint density at radius 3 is 2.52 bits per heavy atom. The summed E-state index contributed by atoms with van der Waals surface area (Å²) in [5.74, 6) is 1.38. The van der Waals surface area contributed by atoms with Crippen LogP contribution in [0.25, 0.3) is 0 Å². The highest BCUT2D eigenvalue weighted by Gasteiger charge is 2.27. The van der Waals surface area contributed by atoms with Gasteiger partial charge < -0.3 is 10.1 Å². The van der Waals surface area contributed by atoms with Crippen molar-refractivity contribution in [3.05, 3.63) is 58.3 Å². The van der Waals surface area contributed by atoms with Crippen LogP contribution in [-0.4, -0.2) is 17.0 Å². The molecule has 0 amide bonds. The summed E-state index contributed by atoms with van der Waals surface area (Å²) in [6, 6.07) is 10.9. The minimum Gasteiger partial charge on any atom is -0.497 e. The van der Waals surface area contributed by atoms with Crippen LogP contribution in [0, 0.1) is 15.5 Å². The van der Waals surface area contributed by atoms with E-state index in [2.05, 4.69) is 31.1 Å². The standard InChI is InChI=1S/C17H21N3O3/c1-17(2,3)16(12-6-5-7-14(10-12)23-4)19-15-9-8-13(11-18-15)20(21)22/h5-11,16H,1-4H3,(H,18,19)/t16-/m0/s1. The number of pyridine rings is 1. The lowest BCUT2D eigenvalue weighted by molar-refractivity contribution is -0.385. The van der Waals surface area contributed by atoms with E-state index in [4.69, 9.17) is 4.74 Å². The molecule has 1 aromatic heterocycles. The zero-order chi connectivity index (χ0) is 17.0. The fourth-order valence-electron chi connectivity index (χ4n) is 2.35. The molecule has 6 nitrogen and oxygen atoms in total. The third-order valence-corrected chi connectivity index (χ3v) is 3.54. The molecule has 6 heteroatoms. The first kappa shape index (κ1) is 16.7. The van der Waals surface area contributed by atoms with Gasteiger partial charge in [0, 0.05) is 6.07 Å². The van der Waals surface area contributed by atoms with E-state index < -0.39 is 4.92 Å². The summed E-state index contributed by atoms with van der Waals surface area (Å²) in [5.41, 5.74) is 0.955. The summed E-state index contributed by atoms with van der Waals surface area (Å²) in [4.78, 5) is 14.4. The molecule has 23 heavy (non-hydrogen) atoms. The van der Waals surface area contributed by atoms with Crippen molar-refractivity contribution < 1.29 is 9.66 Å². The van der Waals surface area contributed by atoms with Crippen molar-refractivity contribution >= 4 is 11.5 Å². The van der Waals surface area contributed by atoms with Gasteiger partial charge in [0.2, 0.25) is 0 Å². The number of nitrogens with one attached hydrogen (secondary N) is 1. The molecule has 122 valence electrons. The van der Waals surface area contributed by atoms with Gasteiger partial charge in [0.1, 0.15) is 17.8 Å². The predicted octanol–water partition coefficient (Wildman–Crippen LogP) is 4.20. The highest BCUT2D eigenvalue weighted by molar-refractivity contribution is 5.44. The molecule has 0 unspecified atom stereocenters. The van der Waals surface area contributed by atoms with E-state index in [-0.39, 0.29) is 17.1 Å². The largest absolute Gasteiger partial charge is 0.497 e. The fraction of sp³-hybridized carbons (Fsp3) is 0.353. The number of hydrogen-bond acceptors (Lipinski definition) is 5. The first-order valence-electron chi connectivity index (χ1n) is 7.32. The molecule has 0 saturated carbocycles. The minimum absolute atomic E-state index is 0.0217. The molecular formula is C17H21N3O3. The Kier molecular flexibility index (Phi) is 4.83. The Morgan fingerprint density at radius 2 is 2.00 bits per heavy atom. The lowest BCUT2D eigenvalue weighted by Gasteiger charge is -2.32. The van der Waals surface area contributed by atoms with Crippen LogP contribution in [0.5, 0.6) is 5.75 Å². The van der Waals surface area contributed by atoms with Crippen LogP contribution in [0.3, 0.4) is 0 Å². The average molecular weight is 315 g/mol. The van der Waals surface area contributed by atoms with Gasteiger partial charge in [0.25, 0.3) is 5.69 Å². The molecule has 0 aliphatic carbocycles.